The Morgan fingerprint density at radius 2 is 2.19 bits per heavy atom. The van der Waals surface area contributed by atoms with E-state index in [0.717, 1.165) is 18.7 Å². The highest BCUT2D eigenvalue weighted by molar-refractivity contribution is 5.67. The van der Waals surface area contributed by atoms with Crippen LogP contribution < -0.4 is 0 Å². The molecule has 1 saturated heterocycles. The number of aromatic nitrogens is 2. The molecule has 0 saturated carbocycles. The van der Waals surface area contributed by atoms with Gasteiger partial charge in [0.25, 0.3) is 0 Å². The second-order valence-electron chi connectivity index (χ2n) is 3.90. The molecule has 1 aromatic heterocycles. The Morgan fingerprint density at radius 3 is 2.69 bits per heavy atom. The maximum Gasteiger partial charge on any atom is 0.409 e. The van der Waals surface area contributed by atoms with Gasteiger partial charge in [-0.2, -0.15) is 4.98 Å². The third-order valence-electron chi connectivity index (χ3n) is 2.84. The van der Waals surface area contributed by atoms with E-state index in [1.54, 1.807) is 11.8 Å². The van der Waals surface area contributed by atoms with E-state index in [4.69, 9.17) is 4.52 Å². The Bertz CT molecular complexity index is 369. The molecule has 6 nitrogen and oxygen atoms in total. The first kappa shape index (κ1) is 10.9. The predicted molar refractivity (Wildman–Crippen MR) is 55.0 cm³/mol. The van der Waals surface area contributed by atoms with E-state index in [9.17, 15) is 4.79 Å². The molecule has 6 heteroatoms. The van der Waals surface area contributed by atoms with Gasteiger partial charge in [0, 0.05) is 25.9 Å². The van der Waals surface area contributed by atoms with Crippen molar-refractivity contribution in [1.82, 2.24) is 15.0 Å². The van der Waals surface area contributed by atoms with Gasteiger partial charge in [0.05, 0.1) is 7.11 Å². The van der Waals surface area contributed by atoms with Gasteiger partial charge in [-0.15, -0.1) is 0 Å². The van der Waals surface area contributed by atoms with Crippen molar-refractivity contribution in [3.63, 3.8) is 0 Å². The van der Waals surface area contributed by atoms with Crippen LogP contribution in [0.15, 0.2) is 4.52 Å². The minimum Gasteiger partial charge on any atom is -0.453 e. The van der Waals surface area contributed by atoms with Crippen molar-refractivity contribution in [1.29, 1.82) is 0 Å². The van der Waals surface area contributed by atoms with Crippen molar-refractivity contribution >= 4 is 6.09 Å². The number of aryl methyl sites for hydroxylation is 1. The number of carbonyl (C=O) groups excluding carboxylic acids is 1. The van der Waals surface area contributed by atoms with E-state index in [0.29, 0.717) is 24.9 Å². The summed E-state index contributed by atoms with van der Waals surface area (Å²) in [4.78, 5) is 17.2. The molecule has 0 aliphatic carbocycles. The zero-order chi connectivity index (χ0) is 11.5. The number of hydrogen-bond donors (Lipinski definition) is 0. The number of ether oxygens (including phenoxy) is 1. The molecule has 0 aromatic carbocycles. The van der Waals surface area contributed by atoms with Crippen LogP contribution >= 0.6 is 0 Å². The lowest BCUT2D eigenvalue weighted by Crippen LogP contribution is -2.37. The highest BCUT2D eigenvalue weighted by atomic mass is 16.5. The normalized spacial score (nSPS) is 17.5. The topological polar surface area (TPSA) is 68.5 Å². The van der Waals surface area contributed by atoms with E-state index in [-0.39, 0.29) is 6.09 Å². The van der Waals surface area contributed by atoms with Crippen LogP contribution in [0.25, 0.3) is 0 Å². The number of carbonyl (C=O) groups is 1. The maximum absolute atomic E-state index is 11.3. The van der Waals surface area contributed by atoms with Crippen molar-refractivity contribution in [2.75, 3.05) is 20.2 Å². The summed E-state index contributed by atoms with van der Waals surface area (Å²) in [5.41, 5.74) is 0. The number of amides is 1. The van der Waals surface area contributed by atoms with Crippen LogP contribution in [0.2, 0.25) is 0 Å². The summed E-state index contributed by atoms with van der Waals surface area (Å²) in [5, 5.41) is 3.91. The van der Waals surface area contributed by atoms with Gasteiger partial charge in [-0.05, 0) is 12.8 Å². The van der Waals surface area contributed by atoms with Crippen LogP contribution in [0.5, 0.6) is 0 Å². The Kier molecular flexibility index (Phi) is 3.07. The third-order valence-corrected chi connectivity index (χ3v) is 2.84. The highest BCUT2D eigenvalue weighted by Gasteiger charge is 2.26. The number of methoxy groups -OCH3 is 1. The first-order chi connectivity index (χ1) is 7.70. The fraction of sp³-hybridized carbons (Fsp3) is 0.700. The fourth-order valence-corrected chi connectivity index (χ4v) is 1.93. The van der Waals surface area contributed by atoms with Crippen molar-refractivity contribution in [3.8, 4) is 0 Å². The summed E-state index contributed by atoms with van der Waals surface area (Å²) >= 11 is 0. The van der Waals surface area contributed by atoms with Gasteiger partial charge >= 0.3 is 6.09 Å². The molecular weight excluding hydrogens is 210 g/mol. The first-order valence-electron chi connectivity index (χ1n) is 5.34. The van der Waals surface area contributed by atoms with Crippen molar-refractivity contribution < 1.29 is 14.1 Å². The Hall–Kier alpha value is -1.59. The summed E-state index contributed by atoms with van der Waals surface area (Å²) in [6, 6.07) is 0. The molecule has 1 aliphatic rings. The molecule has 0 N–H and O–H groups in total. The van der Waals surface area contributed by atoms with Gasteiger partial charge in [-0.1, -0.05) is 5.16 Å². The number of hydrogen-bond acceptors (Lipinski definition) is 5. The van der Waals surface area contributed by atoms with E-state index >= 15 is 0 Å². The molecule has 0 spiro atoms. The summed E-state index contributed by atoms with van der Waals surface area (Å²) in [6.45, 7) is 3.15. The van der Waals surface area contributed by atoms with Gasteiger partial charge in [0.2, 0.25) is 5.89 Å². The van der Waals surface area contributed by atoms with Crippen LogP contribution in [0.4, 0.5) is 4.79 Å². The Balaban J connectivity index is 1.92. The van der Waals surface area contributed by atoms with Crippen LogP contribution in [-0.2, 0) is 4.74 Å². The summed E-state index contributed by atoms with van der Waals surface area (Å²) in [6.07, 6.45) is 1.45. The molecule has 0 atom stereocenters. The molecule has 1 aromatic rings. The molecule has 1 fully saturated rings. The van der Waals surface area contributed by atoms with Crippen LogP contribution in [0, 0.1) is 6.92 Å². The lowest BCUT2D eigenvalue weighted by Gasteiger charge is -2.29. The quantitative estimate of drug-likeness (QED) is 0.721. The molecule has 2 rings (SSSR count). The minimum atomic E-state index is -0.261. The lowest BCUT2D eigenvalue weighted by atomic mass is 9.96. The smallest absolute Gasteiger partial charge is 0.409 e. The Morgan fingerprint density at radius 1 is 1.50 bits per heavy atom. The molecule has 0 unspecified atom stereocenters. The third kappa shape index (κ3) is 2.15. The van der Waals surface area contributed by atoms with E-state index < -0.39 is 0 Å². The standard InChI is InChI=1S/C10H15N3O3/c1-7-11-9(12-16-7)8-3-5-13(6-4-8)10(14)15-2/h8H,3-6H2,1-2H3. The molecule has 0 radical (unpaired) electrons. The second-order valence-corrected chi connectivity index (χ2v) is 3.90. The molecular formula is C10H15N3O3. The molecule has 1 aliphatic heterocycles. The van der Waals surface area contributed by atoms with Crippen LogP contribution in [-0.4, -0.2) is 41.3 Å². The van der Waals surface area contributed by atoms with E-state index in [1.165, 1.54) is 7.11 Å². The zero-order valence-electron chi connectivity index (χ0n) is 9.47. The van der Waals surface area contributed by atoms with Crippen LogP contribution in [0.3, 0.4) is 0 Å². The first-order valence-corrected chi connectivity index (χ1v) is 5.34. The number of likely N-dealkylation sites (tertiary alicyclic amines) is 1. The molecule has 2 heterocycles. The van der Waals surface area contributed by atoms with Gasteiger partial charge in [-0.3, -0.25) is 0 Å². The van der Waals surface area contributed by atoms with Gasteiger partial charge in [-0.25, -0.2) is 4.79 Å². The minimum absolute atomic E-state index is 0.261. The number of rotatable bonds is 1. The summed E-state index contributed by atoms with van der Waals surface area (Å²) in [7, 11) is 1.40. The largest absolute Gasteiger partial charge is 0.453 e. The fourth-order valence-electron chi connectivity index (χ4n) is 1.93. The predicted octanol–water partition coefficient (Wildman–Crippen LogP) is 1.32. The van der Waals surface area contributed by atoms with Gasteiger partial charge in [0.15, 0.2) is 5.82 Å². The molecule has 16 heavy (non-hydrogen) atoms. The summed E-state index contributed by atoms with van der Waals surface area (Å²) < 4.78 is 9.62. The second kappa shape index (κ2) is 4.51. The molecule has 0 bridgehead atoms. The van der Waals surface area contributed by atoms with Gasteiger partial charge < -0.3 is 14.2 Å². The van der Waals surface area contributed by atoms with E-state index in [2.05, 4.69) is 14.9 Å². The SMILES string of the molecule is COC(=O)N1CCC(c2noc(C)n2)CC1. The summed E-state index contributed by atoms with van der Waals surface area (Å²) in [5.74, 6) is 1.63. The zero-order valence-corrected chi connectivity index (χ0v) is 9.47. The van der Waals surface area contributed by atoms with Crippen molar-refractivity contribution in [3.05, 3.63) is 11.7 Å². The van der Waals surface area contributed by atoms with Gasteiger partial charge in [0.1, 0.15) is 0 Å². The van der Waals surface area contributed by atoms with E-state index in [1.807, 2.05) is 0 Å². The monoisotopic (exact) mass is 225 g/mol. The van der Waals surface area contributed by atoms with Crippen molar-refractivity contribution in [2.45, 2.75) is 25.7 Å². The average Bonchev–Trinajstić information content (AvgIpc) is 2.75. The lowest BCUT2D eigenvalue weighted by molar-refractivity contribution is 0.111. The maximum atomic E-state index is 11.3. The highest BCUT2D eigenvalue weighted by Crippen LogP contribution is 2.25. The number of piperidine rings is 1. The molecule has 88 valence electrons. The Labute approximate surface area is 93.6 Å². The van der Waals surface area contributed by atoms with Crippen LogP contribution in [0.1, 0.15) is 30.5 Å². The average molecular weight is 225 g/mol. The number of nitrogens with zero attached hydrogens (tertiary/aromatic N) is 3. The molecule has 1 amide bonds. The van der Waals surface area contributed by atoms with Crippen molar-refractivity contribution in [2.24, 2.45) is 0 Å².